The molecule has 1 aromatic heterocycles. The number of carbonyl (C=O) groups is 1. The Labute approximate surface area is 110 Å². The maximum atomic E-state index is 11.6. The van der Waals surface area contributed by atoms with Gasteiger partial charge in [-0.1, -0.05) is 0 Å². The lowest BCUT2D eigenvalue weighted by Gasteiger charge is -2.20. The van der Waals surface area contributed by atoms with Crippen LogP contribution in [0.4, 0.5) is 5.69 Å². The molecule has 96 valence electrons. The molecule has 1 amide bonds. The zero-order chi connectivity index (χ0) is 13.1. The maximum absolute atomic E-state index is 11.6. The number of hydrogen-bond acceptors (Lipinski definition) is 4. The van der Waals surface area contributed by atoms with E-state index in [1.807, 2.05) is 25.1 Å². The van der Waals surface area contributed by atoms with Crippen LogP contribution >= 0.6 is 11.3 Å². The first-order valence-electron chi connectivity index (χ1n) is 5.76. The molecule has 5 heteroatoms. The van der Waals surface area contributed by atoms with E-state index in [0.29, 0.717) is 13.2 Å². The molecule has 0 spiro atoms. The van der Waals surface area contributed by atoms with Crippen LogP contribution in [0.25, 0.3) is 10.2 Å². The van der Waals surface area contributed by atoms with E-state index in [1.165, 1.54) is 0 Å². The fourth-order valence-electron chi connectivity index (χ4n) is 1.85. The number of anilines is 1. The minimum atomic E-state index is 0.0124. The summed E-state index contributed by atoms with van der Waals surface area (Å²) in [6.45, 7) is 4.62. The van der Waals surface area contributed by atoms with Gasteiger partial charge in [0.05, 0.1) is 21.8 Å². The van der Waals surface area contributed by atoms with Crippen molar-refractivity contribution in [3.05, 3.63) is 23.2 Å². The van der Waals surface area contributed by atoms with Gasteiger partial charge in [-0.05, 0) is 25.1 Å². The van der Waals surface area contributed by atoms with Gasteiger partial charge in [0, 0.05) is 26.3 Å². The number of rotatable bonds is 4. The van der Waals surface area contributed by atoms with E-state index in [2.05, 4.69) is 4.98 Å². The van der Waals surface area contributed by atoms with Crippen molar-refractivity contribution in [3.63, 3.8) is 0 Å². The Bertz CT molecular complexity index is 565. The average Bonchev–Trinajstić information content (AvgIpc) is 2.68. The molecule has 18 heavy (non-hydrogen) atoms. The molecule has 0 aliphatic carbocycles. The number of aromatic nitrogens is 1. The van der Waals surface area contributed by atoms with E-state index in [1.54, 1.807) is 30.3 Å². The summed E-state index contributed by atoms with van der Waals surface area (Å²) in [5.41, 5.74) is 1.82. The lowest BCUT2D eigenvalue weighted by atomic mass is 10.2. The van der Waals surface area contributed by atoms with Crippen LogP contribution in [0.15, 0.2) is 18.2 Å². The van der Waals surface area contributed by atoms with Gasteiger partial charge in [-0.2, -0.15) is 0 Å². The predicted molar refractivity (Wildman–Crippen MR) is 74.3 cm³/mol. The number of nitrogens with zero attached hydrogens (tertiary/aromatic N) is 2. The fourth-order valence-corrected chi connectivity index (χ4v) is 2.66. The van der Waals surface area contributed by atoms with E-state index in [-0.39, 0.29) is 5.91 Å². The van der Waals surface area contributed by atoms with Crippen molar-refractivity contribution in [1.82, 2.24) is 4.98 Å². The van der Waals surface area contributed by atoms with E-state index in [4.69, 9.17) is 4.74 Å². The molecule has 0 saturated carbocycles. The normalized spacial score (nSPS) is 10.8. The number of methoxy groups -OCH3 is 1. The van der Waals surface area contributed by atoms with Crippen LogP contribution in [0.1, 0.15) is 11.9 Å². The van der Waals surface area contributed by atoms with Gasteiger partial charge >= 0.3 is 0 Å². The Hall–Kier alpha value is -1.46. The summed E-state index contributed by atoms with van der Waals surface area (Å²) in [7, 11) is 1.63. The first-order chi connectivity index (χ1) is 8.61. The minimum absolute atomic E-state index is 0.0124. The van der Waals surface area contributed by atoms with Crippen molar-refractivity contribution >= 4 is 33.1 Å². The number of carbonyl (C=O) groups excluding carboxylic acids is 1. The first kappa shape index (κ1) is 13.0. The molecule has 2 aromatic rings. The molecule has 1 heterocycles. The molecule has 0 saturated heterocycles. The number of amides is 1. The molecule has 0 atom stereocenters. The van der Waals surface area contributed by atoms with Gasteiger partial charge < -0.3 is 9.64 Å². The van der Waals surface area contributed by atoms with Crippen molar-refractivity contribution in [2.24, 2.45) is 0 Å². The standard InChI is InChI=1S/C13H16N2O2S/c1-9-14-12-8-11(4-5-13(12)18-9)15(10(2)16)6-7-17-3/h4-5,8H,6-7H2,1-3H3. The van der Waals surface area contributed by atoms with Crippen LogP contribution in [0.5, 0.6) is 0 Å². The van der Waals surface area contributed by atoms with Gasteiger partial charge in [0.15, 0.2) is 0 Å². The highest BCUT2D eigenvalue weighted by atomic mass is 32.1. The zero-order valence-electron chi connectivity index (χ0n) is 10.8. The zero-order valence-corrected chi connectivity index (χ0v) is 11.6. The fraction of sp³-hybridized carbons (Fsp3) is 0.385. The third kappa shape index (κ3) is 2.68. The van der Waals surface area contributed by atoms with E-state index in [9.17, 15) is 4.79 Å². The van der Waals surface area contributed by atoms with Crippen molar-refractivity contribution in [1.29, 1.82) is 0 Å². The van der Waals surface area contributed by atoms with Crippen LogP contribution < -0.4 is 4.90 Å². The molecular formula is C13H16N2O2S. The number of fused-ring (bicyclic) bond motifs is 1. The summed E-state index contributed by atoms with van der Waals surface area (Å²) in [6.07, 6.45) is 0. The molecule has 2 rings (SSSR count). The Kier molecular flexibility index (Phi) is 3.93. The molecule has 0 unspecified atom stereocenters. The number of benzene rings is 1. The molecule has 0 bridgehead atoms. The number of thiazole rings is 1. The van der Waals surface area contributed by atoms with Gasteiger partial charge in [0.2, 0.25) is 5.91 Å². The SMILES string of the molecule is COCCN(C(C)=O)c1ccc2sc(C)nc2c1. The third-order valence-electron chi connectivity index (χ3n) is 2.69. The largest absolute Gasteiger partial charge is 0.383 e. The first-order valence-corrected chi connectivity index (χ1v) is 6.57. The second kappa shape index (κ2) is 5.46. The van der Waals surface area contributed by atoms with Gasteiger partial charge in [-0.3, -0.25) is 4.79 Å². The summed E-state index contributed by atoms with van der Waals surface area (Å²) in [5.74, 6) is 0.0124. The van der Waals surface area contributed by atoms with Gasteiger partial charge in [0.1, 0.15) is 0 Å². The lowest BCUT2D eigenvalue weighted by molar-refractivity contribution is -0.116. The average molecular weight is 264 g/mol. The molecule has 0 aliphatic rings. The van der Waals surface area contributed by atoms with Crippen molar-refractivity contribution in [3.8, 4) is 0 Å². The topological polar surface area (TPSA) is 42.4 Å². The second-order valence-corrected chi connectivity index (χ2v) is 5.28. The molecule has 0 radical (unpaired) electrons. The van der Waals surface area contributed by atoms with Crippen molar-refractivity contribution in [2.75, 3.05) is 25.2 Å². The van der Waals surface area contributed by atoms with Gasteiger partial charge in [-0.15, -0.1) is 11.3 Å². The van der Waals surface area contributed by atoms with E-state index >= 15 is 0 Å². The second-order valence-electron chi connectivity index (χ2n) is 4.05. The van der Waals surface area contributed by atoms with E-state index in [0.717, 1.165) is 20.9 Å². The molecular weight excluding hydrogens is 248 g/mol. The highest BCUT2D eigenvalue weighted by Gasteiger charge is 2.12. The lowest BCUT2D eigenvalue weighted by Crippen LogP contribution is -2.31. The summed E-state index contributed by atoms with van der Waals surface area (Å²) >= 11 is 1.66. The highest BCUT2D eigenvalue weighted by Crippen LogP contribution is 2.26. The monoisotopic (exact) mass is 264 g/mol. The van der Waals surface area contributed by atoms with Crippen LogP contribution in [0.3, 0.4) is 0 Å². The quantitative estimate of drug-likeness (QED) is 0.852. The molecule has 0 aliphatic heterocycles. The van der Waals surface area contributed by atoms with Crippen molar-refractivity contribution < 1.29 is 9.53 Å². The Morgan fingerprint density at radius 1 is 1.50 bits per heavy atom. The summed E-state index contributed by atoms with van der Waals surface area (Å²) < 4.78 is 6.17. The summed E-state index contributed by atoms with van der Waals surface area (Å²) in [5, 5.41) is 1.04. The summed E-state index contributed by atoms with van der Waals surface area (Å²) in [6, 6.07) is 5.92. The summed E-state index contributed by atoms with van der Waals surface area (Å²) in [4.78, 5) is 17.8. The third-order valence-corrected chi connectivity index (χ3v) is 3.64. The highest BCUT2D eigenvalue weighted by molar-refractivity contribution is 7.18. The smallest absolute Gasteiger partial charge is 0.223 e. The van der Waals surface area contributed by atoms with Gasteiger partial charge in [0.25, 0.3) is 0 Å². The van der Waals surface area contributed by atoms with Crippen LogP contribution in [0.2, 0.25) is 0 Å². The number of ether oxygens (including phenoxy) is 1. The van der Waals surface area contributed by atoms with Crippen molar-refractivity contribution in [2.45, 2.75) is 13.8 Å². The van der Waals surface area contributed by atoms with Crippen LogP contribution in [-0.4, -0.2) is 31.2 Å². The van der Waals surface area contributed by atoms with Gasteiger partial charge in [-0.25, -0.2) is 4.98 Å². The molecule has 0 fully saturated rings. The molecule has 0 N–H and O–H groups in total. The molecule has 1 aromatic carbocycles. The van der Waals surface area contributed by atoms with Crippen LogP contribution in [-0.2, 0) is 9.53 Å². The minimum Gasteiger partial charge on any atom is -0.383 e. The van der Waals surface area contributed by atoms with Crippen LogP contribution in [0, 0.1) is 6.92 Å². The van der Waals surface area contributed by atoms with E-state index < -0.39 is 0 Å². The maximum Gasteiger partial charge on any atom is 0.223 e. The number of hydrogen-bond donors (Lipinski definition) is 0. The molecule has 4 nitrogen and oxygen atoms in total. The Morgan fingerprint density at radius 3 is 2.94 bits per heavy atom. The number of aryl methyl sites for hydroxylation is 1. The predicted octanol–water partition coefficient (Wildman–Crippen LogP) is 2.60. The Balaban J connectivity index is 2.34. The Morgan fingerprint density at radius 2 is 2.28 bits per heavy atom.